The third kappa shape index (κ3) is 3.43. The van der Waals surface area contributed by atoms with E-state index in [0.717, 1.165) is 27.7 Å². The van der Waals surface area contributed by atoms with E-state index >= 15 is 0 Å². The highest BCUT2D eigenvalue weighted by Crippen LogP contribution is 2.15. The summed E-state index contributed by atoms with van der Waals surface area (Å²) < 4.78 is 27.3. The van der Waals surface area contributed by atoms with E-state index in [0.29, 0.717) is 17.9 Å². The first-order valence-electron chi connectivity index (χ1n) is 7.45. The van der Waals surface area contributed by atoms with Crippen molar-refractivity contribution in [3.63, 3.8) is 0 Å². The molecule has 2 N–H and O–H groups in total. The lowest BCUT2D eigenvalue weighted by molar-refractivity contribution is 0.581. The van der Waals surface area contributed by atoms with Crippen LogP contribution in [-0.4, -0.2) is 24.9 Å². The summed E-state index contributed by atoms with van der Waals surface area (Å²) in [5.74, 6) is 0. The molecule has 23 heavy (non-hydrogen) atoms. The molecule has 0 atom stereocenters. The van der Waals surface area contributed by atoms with Crippen LogP contribution < -0.4 is 4.72 Å². The number of aromatic nitrogens is 2. The van der Waals surface area contributed by atoms with Crippen molar-refractivity contribution >= 4 is 21.1 Å². The second-order valence-corrected chi connectivity index (χ2v) is 7.41. The summed E-state index contributed by atoms with van der Waals surface area (Å²) in [4.78, 5) is 7.53. The highest BCUT2D eigenvalue weighted by Gasteiger charge is 2.14. The first kappa shape index (κ1) is 15.7. The van der Waals surface area contributed by atoms with Gasteiger partial charge in [-0.2, -0.15) is 0 Å². The molecular formula is C17H19N3O2S. The fourth-order valence-corrected chi connectivity index (χ4v) is 3.55. The molecule has 1 heterocycles. The van der Waals surface area contributed by atoms with Crippen LogP contribution in [0, 0.1) is 13.8 Å². The van der Waals surface area contributed by atoms with Gasteiger partial charge in [0.05, 0.1) is 22.3 Å². The van der Waals surface area contributed by atoms with Crippen molar-refractivity contribution in [2.24, 2.45) is 0 Å². The fourth-order valence-electron chi connectivity index (χ4n) is 2.43. The van der Waals surface area contributed by atoms with E-state index in [2.05, 4.69) is 14.7 Å². The van der Waals surface area contributed by atoms with Gasteiger partial charge in [0.25, 0.3) is 0 Å². The summed E-state index contributed by atoms with van der Waals surface area (Å²) in [6.07, 6.45) is 2.27. The van der Waals surface area contributed by atoms with Crippen LogP contribution in [0.2, 0.25) is 0 Å². The van der Waals surface area contributed by atoms with Crippen molar-refractivity contribution in [1.82, 2.24) is 14.7 Å². The molecule has 3 rings (SSSR count). The first-order chi connectivity index (χ1) is 11.0. The van der Waals surface area contributed by atoms with Crippen LogP contribution in [0.1, 0.15) is 16.7 Å². The molecule has 0 saturated heterocycles. The van der Waals surface area contributed by atoms with Crippen molar-refractivity contribution < 1.29 is 8.42 Å². The van der Waals surface area contributed by atoms with Gasteiger partial charge < -0.3 is 4.98 Å². The first-order valence-corrected chi connectivity index (χ1v) is 8.93. The zero-order valence-corrected chi connectivity index (χ0v) is 13.9. The maximum atomic E-state index is 12.3. The molecule has 0 aliphatic heterocycles. The quantitative estimate of drug-likeness (QED) is 0.756. The van der Waals surface area contributed by atoms with Crippen molar-refractivity contribution in [1.29, 1.82) is 0 Å². The minimum Gasteiger partial charge on any atom is -0.345 e. The molecule has 0 saturated carbocycles. The van der Waals surface area contributed by atoms with E-state index < -0.39 is 10.0 Å². The average molecular weight is 329 g/mol. The summed E-state index contributed by atoms with van der Waals surface area (Å²) in [6.45, 7) is 4.23. The molecule has 6 heteroatoms. The third-order valence-electron chi connectivity index (χ3n) is 3.98. The van der Waals surface area contributed by atoms with Crippen molar-refractivity contribution in [3.8, 4) is 0 Å². The molecule has 0 aliphatic carbocycles. The maximum Gasteiger partial charge on any atom is 0.240 e. The molecule has 5 nitrogen and oxygen atoms in total. The molecule has 1 aromatic heterocycles. The Morgan fingerprint density at radius 2 is 1.91 bits per heavy atom. The topological polar surface area (TPSA) is 74.8 Å². The van der Waals surface area contributed by atoms with Gasteiger partial charge in [-0.1, -0.05) is 12.1 Å². The van der Waals surface area contributed by atoms with Crippen molar-refractivity contribution in [2.45, 2.75) is 25.2 Å². The Balaban J connectivity index is 1.67. The van der Waals surface area contributed by atoms with Gasteiger partial charge in [0.15, 0.2) is 0 Å². The van der Waals surface area contributed by atoms with E-state index in [-0.39, 0.29) is 0 Å². The van der Waals surface area contributed by atoms with Crippen LogP contribution in [0.25, 0.3) is 11.0 Å². The Labute approximate surface area is 135 Å². The third-order valence-corrected chi connectivity index (χ3v) is 5.44. The number of hydrogen-bond donors (Lipinski definition) is 2. The number of nitrogens with one attached hydrogen (secondary N) is 2. The Morgan fingerprint density at radius 1 is 1.09 bits per heavy atom. The van der Waals surface area contributed by atoms with E-state index in [4.69, 9.17) is 0 Å². The minimum absolute atomic E-state index is 0.310. The smallest absolute Gasteiger partial charge is 0.240 e. The molecule has 120 valence electrons. The molecule has 0 unspecified atom stereocenters. The van der Waals surface area contributed by atoms with Gasteiger partial charge in [0, 0.05) is 6.54 Å². The molecule has 0 aliphatic rings. The predicted octanol–water partition coefficient (Wildman–Crippen LogP) is 2.70. The lowest BCUT2D eigenvalue weighted by Gasteiger charge is -2.09. The van der Waals surface area contributed by atoms with Gasteiger partial charge in [-0.25, -0.2) is 18.1 Å². The lowest BCUT2D eigenvalue weighted by Crippen LogP contribution is -2.26. The summed E-state index contributed by atoms with van der Waals surface area (Å²) in [5.41, 5.74) is 4.97. The molecule has 0 bridgehead atoms. The predicted molar refractivity (Wildman–Crippen MR) is 90.9 cm³/mol. The molecule has 0 spiro atoms. The summed E-state index contributed by atoms with van der Waals surface area (Å²) in [6, 6.07) is 11.1. The molecule has 0 amide bonds. The van der Waals surface area contributed by atoms with Crippen LogP contribution in [0.15, 0.2) is 47.6 Å². The van der Waals surface area contributed by atoms with Crippen molar-refractivity contribution in [2.75, 3.05) is 6.54 Å². The number of benzene rings is 2. The zero-order chi connectivity index (χ0) is 16.4. The Bertz CT molecular complexity index is 945. The highest BCUT2D eigenvalue weighted by atomic mass is 32.2. The average Bonchev–Trinajstić information content (AvgIpc) is 2.97. The maximum absolute atomic E-state index is 12.3. The van der Waals surface area contributed by atoms with E-state index in [1.54, 1.807) is 18.5 Å². The Hall–Kier alpha value is -2.18. The second kappa shape index (κ2) is 6.14. The van der Waals surface area contributed by atoms with Crippen LogP contribution in [-0.2, 0) is 16.4 Å². The minimum atomic E-state index is -3.47. The number of H-pyrrole nitrogens is 1. The van der Waals surface area contributed by atoms with Crippen LogP contribution in [0.3, 0.4) is 0 Å². The number of rotatable bonds is 5. The number of nitrogens with zero attached hydrogens (tertiary/aromatic N) is 1. The summed E-state index contributed by atoms with van der Waals surface area (Å²) in [5, 5.41) is 0. The standard InChI is InChI=1S/C17H19N3O2S/c1-12-3-5-15(9-13(12)2)23(21,22)20-8-7-14-4-6-16-17(10-14)19-11-18-16/h3-6,9-11,20H,7-8H2,1-2H3,(H,18,19). The number of aromatic amines is 1. The zero-order valence-electron chi connectivity index (χ0n) is 13.1. The second-order valence-electron chi connectivity index (χ2n) is 5.65. The van der Waals surface area contributed by atoms with E-state index in [1.165, 1.54) is 0 Å². The van der Waals surface area contributed by atoms with Gasteiger partial charge >= 0.3 is 0 Å². The van der Waals surface area contributed by atoms with Crippen molar-refractivity contribution in [3.05, 3.63) is 59.4 Å². The van der Waals surface area contributed by atoms with Gasteiger partial charge in [-0.15, -0.1) is 0 Å². The summed E-state index contributed by atoms with van der Waals surface area (Å²) in [7, 11) is -3.47. The molecule has 3 aromatic rings. The molecular weight excluding hydrogens is 310 g/mol. The van der Waals surface area contributed by atoms with Gasteiger partial charge in [-0.05, 0) is 61.2 Å². The van der Waals surface area contributed by atoms with E-state index in [1.807, 2.05) is 38.1 Å². The number of imidazole rings is 1. The van der Waals surface area contributed by atoms with Crippen LogP contribution in [0.4, 0.5) is 0 Å². The highest BCUT2D eigenvalue weighted by molar-refractivity contribution is 7.89. The molecule has 0 radical (unpaired) electrons. The SMILES string of the molecule is Cc1ccc(S(=O)(=O)NCCc2ccc3nc[nH]c3c2)cc1C. The fraction of sp³-hybridized carbons (Fsp3) is 0.235. The number of aryl methyl sites for hydroxylation is 2. The van der Waals surface area contributed by atoms with Gasteiger partial charge in [0.2, 0.25) is 10.0 Å². The van der Waals surface area contributed by atoms with Crippen LogP contribution >= 0.6 is 0 Å². The molecule has 2 aromatic carbocycles. The monoisotopic (exact) mass is 329 g/mol. The van der Waals surface area contributed by atoms with Gasteiger partial charge in [0.1, 0.15) is 0 Å². The number of sulfonamides is 1. The largest absolute Gasteiger partial charge is 0.345 e. The molecule has 0 fully saturated rings. The summed E-state index contributed by atoms with van der Waals surface area (Å²) >= 11 is 0. The normalized spacial score (nSPS) is 11.9. The van der Waals surface area contributed by atoms with Crippen LogP contribution in [0.5, 0.6) is 0 Å². The Morgan fingerprint density at radius 3 is 2.70 bits per heavy atom. The lowest BCUT2D eigenvalue weighted by atomic mass is 10.1. The van der Waals surface area contributed by atoms with Gasteiger partial charge in [-0.3, -0.25) is 0 Å². The number of fused-ring (bicyclic) bond motifs is 1. The Kier molecular flexibility index (Phi) is 4.19. The van der Waals surface area contributed by atoms with E-state index in [9.17, 15) is 8.42 Å². The number of hydrogen-bond acceptors (Lipinski definition) is 3.